The van der Waals surface area contributed by atoms with Gasteiger partial charge in [0.1, 0.15) is 0 Å². The van der Waals surface area contributed by atoms with Crippen LogP contribution in [0, 0.1) is 6.92 Å². The summed E-state index contributed by atoms with van der Waals surface area (Å²) in [7, 11) is 0. The fourth-order valence-corrected chi connectivity index (χ4v) is 4.04. The maximum Gasteiger partial charge on any atom is 0.0746 e. The molecule has 2 aromatic rings. The molecule has 0 fully saturated rings. The molecule has 0 N–H and O–H groups in total. The Kier molecular flexibility index (Phi) is 3.65. The van der Waals surface area contributed by atoms with E-state index in [1.807, 2.05) is 22.7 Å². The highest BCUT2D eigenvalue weighted by Crippen LogP contribution is 2.37. The van der Waals surface area contributed by atoms with Crippen LogP contribution in [0.15, 0.2) is 23.6 Å². The highest BCUT2D eigenvalue weighted by molar-refractivity contribution is 9.09. The lowest BCUT2D eigenvalue weighted by Gasteiger charge is -2.03. The summed E-state index contributed by atoms with van der Waals surface area (Å²) in [6.07, 6.45) is 1.13. The van der Waals surface area contributed by atoms with Crippen molar-refractivity contribution < 1.29 is 0 Å². The van der Waals surface area contributed by atoms with Crippen molar-refractivity contribution in [3.8, 4) is 0 Å². The number of hydrogen-bond donors (Lipinski definition) is 0. The SMILES string of the molecule is CCc1ccc(C(Br)c2csc(C)c2)s1. The van der Waals surface area contributed by atoms with Crippen LogP contribution in [0.2, 0.25) is 0 Å². The molecule has 0 radical (unpaired) electrons. The van der Waals surface area contributed by atoms with Gasteiger partial charge in [0, 0.05) is 14.6 Å². The Morgan fingerprint density at radius 3 is 2.73 bits per heavy atom. The molecule has 0 aliphatic heterocycles. The standard InChI is InChI=1S/C12H13BrS2/c1-3-10-4-5-11(15-10)12(13)9-6-8(2)14-7-9/h4-7,12H,3H2,1-2H3. The van der Waals surface area contributed by atoms with Gasteiger partial charge in [-0.25, -0.2) is 0 Å². The van der Waals surface area contributed by atoms with Crippen molar-refractivity contribution >= 4 is 38.6 Å². The molecule has 1 unspecified atom stereocenters. The molecule has 0 nitrogen and oxygen atoms in total. The molecule has 0 bridgehead atoms. The number of rotatable bonds is 3. The third-order valence-corrected chi connectivity index (χ3v) is 5.82. The monoisotopic (exact) mass is 300 g/mol. The fraction of sp³-hybridized carbons (Fsp3) is 0.333. The van der Waals surface area contributed by atoms with Crippen LogP contribution < -0.4 is 0 Å². The van der Waals surface area contributed by atoms with Gasteiger partial charge in [0.25, 0.3) is 0 Å². The number of aryl methyl sites for hydroxylation is 2. The molecule has 15 heavy (non-hydrogen) atoms. The fourth-order valence-electron chi connectivity index (χ4n) is 1.48. The molecule has 0 saturated carbocycles. The van der Waals surface area contributed by atoms with E-state index in [2.05, 4.69) is 53.4 Å². The van der Waals surface area contributed by atoms with Crippen LogP contribution in [0.5, 0.6) is 0 Å². The van der Waals surface area contributed by atoms with Crippen molar-refractivity contribution in [3.05, 3.63) is 43.8 Å². The van der Waals surface area contributed by atoms with Crippen molar-refractivity contribution in [2.75, 3.05) is 0 Å². The van der Waals surface area contributed by atoms with E-state index in [1.54, 1.807) is 0 Å². The molecule has 80 valence electrons. The second kappa shape index (κ2) is 4.81. The molecular formula is C12H13BrS2. The molecule has 3 heteroatoms. The number of alkyl halides is 1. The van der Waals surface area contributed by atoms with Gasteiger partial charge >= 0.3 is 0 Å². The van der Waals surface area contributed by atoms with Gasteiger partial charge in [0.2, 0.25) is 0 Å². The minimum atomic E-state index is 0.368. The molecule has 1 atom stereocenters. The quantitative estimate of drug-likeness (QED) is 0.687. The summed E-state index contributed by atoms with van der Waals surface area (Å²) in [6.45, 7) is 4.35. The molecule has 0 spiro atoms. The summed E-state index contributed by atoms with van der Waals surface area (Å²) in [4.78, 5) is 4.61. The predicted molar refractivity (Wildman–Crippen MR) is 73.5 cm³/mol. The average molecular weight is 301 g/mol. The highest BCUT2D eigenvalue weighted by Gasteiger charge is 2.13. The van der Waals surface area contributed by atoms with E-state index < -0.39 is 0 Å². The Morgan fingerprint density at radius 1 is 1.40 bits per heavy atom. The first-order chi connectivity index (χ1) is 7.20. The Morgan fingerprint density at radius 2 is 2.20 bits per heavy atom. The van der Waals surface area contributed by atoms with Crippen molar-refractivity contribution in [2.24, 2.45) is 0 Å². The van der Waals surface area contributed by atoms with Gasteiger partial charge < -0.3 is 0 Å². The molecule has 0 aliphatic carbocycles. The predicted octanol–water partition coefficient (Wildman–Crippen LogP) is 5.16. The summed E-state index contributed by atoms with van der Waals surface area (Å²) in [5, 5.41) is 2.24. The number of halogens is 1. The van der Waals surface area contributed by atoms with Crippen molar-refractivity contribution in [1.29, 1.82) is 0 Å². The Balaban J connectivity index is 2.23. The first-order valence-corrected chi connectivity index (χ1v) is 7.59. The van der Waals surface area contributed by atoms with E-state index in [4.69, 9.17) is 0 Å². The summed E-state index contributed by atoms with van der Waals surface area (Å²) in [6, 6.07) is 6.72. The average Bonchev–Trinajstić information content (AvgIpc) is 2.84. The Bertz CT molecular complexity index is 442. The van der Waals surface area contributed by atoms with Crippen LogP contribution in [-0.2, 0) is 6.42 Å². The highest BCUT2D eigenvalue weighted by atomic mass is 79.9. The van der Waals surface area contributed by atoms with Crippen LogP contribution in [0.3, 0.4) is 0 Å². The summed E-state index contributed by atoms with van der Waals surface area (Å²) in [5.74, 6) is 0. The van der Waals surface area contributed by atoms with Crippen LogP contribution in [0.1, 0.15) is 31.9 Å². The largest absolute Gasteiger partial charge is 0.149 e. The maximum atomic E-state index is 3.77. The smallest absolute Gasteiger partial charge is 0.0746 e. The summed E-state index contributed by atoms with van der Waals surface area (Å²) < 4.78 is 0. The third kappa shape index (κ3) is 2.52. The second-order valence-corrected chi connectivity index (χ2v) is 6.74. The lowest BCUT2D eigenvalue weighted by atomic mass is 10.2. The lowest BCUT2D eigenvalue weighted by Crippen LogP contribution is -1.85. The second-order valence-electron chi connectivity index (χ2n) is 3.51. The van der Waals surface area contributed by atoms with Crippen LogP contribution >= 0.6 is 38.6 Å². The summed E-state index contributed by atoms with van der Waals surface area (Å²) >= 11 is 7.48. The number of thiophene rings is 2. The minimum absolute atomic E-state index is 0.368. The van der Waals surface area contributed by atoms with Gasteiger partial charge in [0.05, 0.1) is 4.83 Å². The van der Waals surface area contributed by atoms with Crippen molar-refractivity contribution in [2.45, 2.75) is 25.1 Å². The van der Waals surface area contributed by atoms with E-state index >= 15 is 0 Å². The molecule has 2 heterocycles. The van der Waals surface area contributed by atoms with E-state index in [1.165, 1.54) is 20.2 Å². The zero-order valence-electron chi connectivity index (χ0n) is 8.79. The molecule has 0 amide bonds. The first-order valence-electron chi connectivity index (χ1n) is 4.98. The van der Waals surface area contributed by atoms with Crippen LogP contribution in [0.4, 0.5) is 0 Å². The molecule has 0 aliphatic rings. The molecule has 0 aromatic carbocycles. The van der Waals surface area contributed by atoms with Gasteiger partial charge in [-0.3, -0.25) is 0 Å². The van der Waals surface area contributed by atoms with Crippen molar-refractivity contribution in [3.63, 3.8) is 0 Å². The topological polar surface area (TPSA) is 0 Å². The first kappa shape index (κ1) is 11.4. The van der Waals surface area contributed by atoms with Gasteiger partial charge in [0.15, 0.2) is 0 Å². The molecule has 0 saturated heterocycles. The summed E-state index contributed by atoms with van der Waals surface area (Å²) in [5.41, 5.74) is 1.38. The Hall–Kier alpha value is -0.120. The normalized spacial score (nSPS) is 13.0. The van der Waals surface area contributed by atoms with E-state index in [9.17, 15) is 0 Å². The van der Waals surface area contributed by atoms with E-state index in [0.717, 1.165) is 6.42 Å². The van der Waals surface area contributed by atoms with Gasteiger partial charge in [-0.15, -0.1) is 22.7 Å². The van der Waals surface area contributed by atoms with E-state index in [0.29, 0.717) is 4.83 Å². The van der Waals surface area contributed by atoms with Gasteiger partial charge in [-0.2, -0.15) is 0 Å². The number of hydrogen-bond acceptors (Lipinski definition) is 2. The van der Waals surface area contributed by atoms with E-state index in [-0.39, 0.29) is 0 Å². The lowest BCUT2D eigenvalue weighted by molar-refractivity contribution is 1.19. The van der Waals surface area contributed by atoms with Crippen molar-refractivity contribution in [1.82, 2.24) is 0 Å². The minimum Gasteiger partial charge on any atom is -0.149 e. The maximum absolute atomic E-state index is 3.77. The van der Waals surface area contributed by atoms with Gasteiger partial charge in [-0.05, 0) is 42.5 Å². The molecular weight excluding hydrogens is 288 g/mol. The zero-order valence-corrected chi connectivity index (χ0v) is 12.0. The van der Waals surface area contributed by atoms with Crippen LogP contribution in [-0.4, -0.2) is 0 Å². The van der Waals surface area contributed by atoms with Gasteiger partial charge in [-0.1, -0.05) is 22.9 Å². The Labute approximate surface area is 107 Å². The zero-order chi connectivity index (χ0) is 10.8. The van der Waals surface area contributed by atoms with Crippen LogP contribution in [0.25, 0.3) is 0 Å². The third-order valence-electron chi connectivity index (χ3n) is 2.32. The molecule has 2 rings (SSSR count). The molecule has 2 aromatic heterocycles.